The molecule has 1 aliphatic heterocycles. The highest BCUT2D eigenvalue weighted by atomic mass is 35.5. The van der Waals surface area contributed by atoms with Crippen LogP contribution in [0.3, 0.4) is 0 Å². The highest BCUT2D eigenvalue weighted by molar-refractivity contribution is 6.30. The Morgan fingerprint density at radius 1 is 1.31 bits per heavy atom. The topological polar surface area (TPSA) is 70.7 Å². The lowest BCUT2D eigenvalue weighted by Gasteiger charge is -2.31. The third-order valence-electron chi connectivity index (χ3n) is 4.55. The second kappa shape index (κ2) is 10.4. The van der Waals surface area contributed by atoms with Crippen LogP contribution in [0.2, 0.25) is 5.02 Å². The Bertz CT molecular complexity index is 616. The van der Waals surface area contributed by atoms with Gasteiger partial charge in [0.05, 0.1) is 0 Å². The first-order valence-electron chi connectivity index (χ1n) is 9.18. The van der Waals surface area contributed by atoms with Gasteiger partial charge >= 0.3 is 6.03 Å². The van der Waals surface area contributed by atoms with E-state index in [0.29, 0.717) is 50.7 Å². The number of ether oxygens (including phenoxy) is 1. The summed E-state index contributed by atoms with van der Waals surface area (Å²) in [6, 6.07) is 5.25. The van der Waals surface area contributed by atoms with Crippen molar-refractivity contribution in [3.05, 3.63) is 28.8 Å². The minimum atomic E-state index is -0.133. The smallest absolute Gasteiger partial charge is 0.321 e. The zero-order valence-corrected chi connectivity index (χ0v) is 16.3. The minimum Gasteiger partial charge on any atom is -0.382 e. The summed E-state index contributed by atoms with van der Waals surface area (Å²) in [6.45, 7) is 7.02. The van der Waals surface area contributed by atoms with Gasteiger partial charge in [-0.3, -0.25) is 4.79 Å². The summed E-state index contributed by atoms with van der Waals surface area (Å²) in [4.78, 5) is 26.4. The molecule has 1 fully saturated rings. The predicted octanol–water partition coefficient (Wildman–Crippen LogP) is 3.44. The average molecular weight is 382 g/mol. The summed E-state index contributed by atoms with van der Waals surface area (Å²) in [6.07, 6.45) is 2.19. The third kappa shape index (κ3) is 6.18. The lowest BCUT2D eigenvalue weighted by Crippen LogP contribution is -2.44. The molecule has 0 unspecified atom stereocenters. The number of piperidine rings is 1. The molecule has 1 aliphatic rings. The minimum absolute atomic E-state index is 0.0246. The molecule has 1 saturated heterocycles. The van der Waals surface area contributed by atoms with Gasteiger partial charge in [0.25, 0.3) is 0 Å². The summed E-state index contributed by atoms with van der Waals surface area (Å²) in [5.74, 6) is 0.0542. The Balaban J connectivity index is 1.73. The highest BCUT2D eigenvalue weighted by Gasteiger charge is 2.27. The number of amides is 3. The molecule has 0 aromatic heterocycles. The number of carbonyl (C=O) groups is 2. The monoisotopic (exact) mass is 381 g/mol. The molecule has 1 aromatic carbocycles. The molecule has 7 heteroatoms. The molecule has 0 saturated carbocycles. The van der Waals surface area contributed by atoms with E-state index < -0.39 is 0 Å². The number of urea groups is 1. The second-order valence-electron chi connectivity index (χ2n) is 6.49. The molecular formula is C19H28ClN3O3. The Morgan fingerprint density at radius 2 is 2.04 bits per heavy atom. The van der Waals surface area contributed by atoms with Crippen molar-refractivity contribution < 1.29 is 14.3 Å². The number of halogens is 1. The third-order valence-corrected chi connectivity index (χ3v) is 4.79. The van der Waals surface area contributed by atoms with Crippen molar-refractivity contribution in [3.63, 3.8) is 0 Å². The van der Waals surface area contributed by atoms with Crippen molar-refractivity contribution >= 4 is 29.2 Å². The Morgan fingerprint density at radius 3 is 2.69 bits per heavy atom. The summed E-state index contributed by atoms with van der Waals surface area (Å²) >= 11 is 5.94. The van der Waals surface area contributed by atoms with Crippen LogP contribution >= 0.6 is 11.6 Å². The van der Waals surface area contributed by atoms with Crippen molar-refractivity contribution in [2.75, 3.05) is 38.2 Å². The quantitative estimate of drug-likeness (QED) is 0.711. The number of hydrogen-bond donors (Lipinski definition) is 2. The molecule has 1 heterocycles. The van der Waals surface area contributed by atoms with E-state index in [1.807, 2.05) is 19.9 Å². The summed E-state index contributed by atoms with van der Waals surface area (Å²) < 4.78 is 5.26. The van der Waals surface area contributed by atoms with E-state index >= 15 is 0 Å². The van der Waals surface area contributed by atoms with Gasteiger partial charge in [-0.15, -0.1) is 0 Å². The first-order valence-corrected chi connectivity index (χ1v) is 9.56. The van der Waals surface area contributed by atoms with Crippen LogP contribution in [0.4, 0.5) is 10.5 Å². The number of anilines is 1. The molecule has 0 spiro atoms. The van der Waals surface area contributed by atoms with Crippen LogP contribution in [-0.4, -0.2) is 49.7 Å². The summed E-state index contributed by atoms with van der Waals surface area (Å²) in [7, 11) is 0. The average Bonchev–Trinajstić information content (AvgIpc) is 2.63. The largest absolute Gasteiger partial charge is 0.382 e. The van der Waals surface area contributed by atoms with Crippen LogP contribution < -0.4 is 10.6 Å². The van der Waals surface area contributed by atoms with Crippen LogP contribution in [0.25, 0.3) is 0 Å². The van der Waals surface area contributed by atoms with E-state index in [2.05, 4.69) is 10.6 Å². The van der Waals surface area contributed by atoms with Crippen molar-refractivity contribution in [1.29, 1.82) is 0 Å². The lowest BCUT2D eigenvalue weighted by atomic mass is 9.96. The van der Waals surface area contributed by atoms with Crippen LogP contribution in [0.5, 0.6) is 0 Å². The maximum Gasteiger partial charge on any atom is 0.321 e. The maximum atomic E-state index is 12.4. The molecule has 0 radical (unpaired) electrons. The van der Waals surface area contributed by atoms with Crippen molar-refractivity contribution in [1.82, 2.24) is 10.2 Å². The fourth-order valence-electron chi connectivity index (χ4n) is 2.98. The van der Waals surface area contributed by atoms with Gasteiger partial charge < -0.3 is 20.3 Å². The molecule has 6 nitrogen and oxygen atoms in total. The van der Waals surface area contributed by atoms with Crippen LogP contribution in [0.1, 0.15) is 31.7 Å². The van der Waals surface area contributed by atoms with Gasteiger partial charge in [0.2, 0.25) is 5.91 Å². The van der Waals surface area contributed by atoms with E-state index in [0.717, 1.165) is 17.7 Å². The van der Waals surface area contributed by atoms with Crippen LogP contribution in [-0.2, 0) is 9.53 Å². The molecule has 0 bridgehead atoms. The molecule has 1 aromatic rings. The number of carbonyl (C=O) groups excluding carboxylic acids is 2. The standard InChI is InChI=1S/C19H28ClN3O3/c1-3-26-12-4-9-21-18(24)15-7-10-23(11-8-15)19(25)22-17-6-5-16(20)13-14(17)2/h5-6,13,15H,3-4,7-12H2,1-2H3,(H,21,24)(H,22,25). The van der Waals surface area contributed by atoms with E-state index in [9.17, 15) is 9.59 Å². The number of nitrogens with zero attached hydrogens (tertiary/aromatic N) is 1. The van der Waals surface area contributed by atoms with Crippen LogP contribution in [0, 0.1) is 12.8 Å². The molecule has 144 valence electrons. The van der Waals surface area contributed by atoms with Crippen LogP contribution in [0.15, 0.2) is 18.2 Å². The van der Waals surface area contributed by atoms with Crippen molar-refractivity contribution in [2.24, 2.45) is 5.92 Å². The Hall–Kier alpha value is -1.79. The maximum absolute atomic E-state index is 12.4. The number of rotatable bonds is 7. The Labute approximate surface area is 160 Å². The summed E-state index contributed by atoms with van der Waals surface area (Å²) in [5, 5.41) is 6.52. The first kappa shape index (κ1) is 20.5. The van der Waals surface area contributed by atoms with E-state index in [1.165, 1.54) is 0 Å². The van der Waals surface area contributed by atoms with Gasteiger partial charge in [0.1, 0.15) is 0 Å². The number of hydrogen-bond acceptors (Lipinski definition) is 3. The zero-order valence-electron chi connectivity index (χ0n) is 15.5. The predicted molar refractivity (Wildman–Crippen MR) is 104 cm³/mol. The number of aryl methyl sites for hydroxylation is 1. The number of benzene rings is 1. The normalized spacial score (nSPS) is 15.0. The fraction of sp³-hybridized carbons (Fsp3) is 0.579. The molecule has 2 N–H and O–H groups in total. The summed E-state index contributed by atoms with van der Waals surface area (Å²) in [5.41, 5.74) is 1.68. The molecule has 26 heavy (non-hydrogen) atoms. The van der Waals surface area contributed by atoms with Gasteiger partial charge in [-0.05, 0) is 56.9 Å². The number of likely N-dealkylation sites (tertiary alicyclic amines) is 1. The SMILES string of the molecule is CCOCCCNC(=O)C1CCN(C(=O)Nc2ccc(Cl)cc2C)CC1. The zero-order chi connectivity index (χ0) is 18.9. The molecule has 2 rings (SSSR count). The van der Waals surface area contributed by atoms with Gasteiger partial charge in [0, 0.05) is 49.5 Å². The second-order valence-corrected chi connectivity index (χ2v) is 6.93. The van der Waals surface area contributed by atoms with Gasteiger partial charge in [-0.2, -0.15) is 0 Å². The van der Waals surface area contributed by atoms with E-state index in [1.54, 1.807) is 17.0 Å². The molecule has 0 atom stereocenters. The van der Waals surface area contributed by atoms with Gasteiger partial charge in [-0.25, -0.2) is 4.79 Å². The van der Waals surface area contributed by atoms with Crippen molar-refractivity contribution in [3.8, 4) is 0 Å². The Kier molecular flexibility index (Phi) is 8.19. The first-order chi connectivity index (χ1) is 12.5. The fourth-order valence-corrected chi connectivity index (χ4v) is 3.21. The van der Waals surface area contributed by atoms with Gasteiger partial charge in [0.15, 0.2) is 0 Å². The van der Waals surface area contributed by atoms with E-state index in [-0.39, 0.29) is 17.9 Å². The molecular weight excluding hydrogens is 354 g/mol. The lowest BCUT2D eigenvalue weighted by molar-refractivity contribution is -0.126. The molecule has 3 amide bonds. The van der Waals surface area contributed by atoms with Crippen molar-refractivity contribution in [2.45, 2.75) is 33.1 Å². The molecule has 0 aliphatic carbocycles. The van der Waals surface area contributed by atoms with Gasteiger partial charge in [-0.1, -0.05) is 11.6 Å². The number of nitrogens with one attached hydrogen (secondary N) is 2. The van der Waals surface area contributed by atoms with E-state index in [4.69, 9.17) is 16.3 Å². The highest BCUT2D eigenvalue weighted by Crippen LogP contribution is 2.22.